The zero-order valence-corrected chi connectivity index (χ0v) is 13.7. The molecule has 1 aliphatic carbocycles. The van der Waals surface area contributed by atoms with E-state index in [-0.39, 0.29) is 24.8 Å². The second-order valence-electron chi connectivity index (χ2n) is 7.43. The van der Waals surface area contributed by atoms with Crippen molar-refractivity contribution in [3.63, 3.8) is 0 Å². The van der Waals surface area contributed by atoms with Gasteiger partial charge in [-0.1, -0.05) is 20.8 Å². The van der Waals surface area contributed by atoms with Gasteiger partial charge in [0.1, 0.15) is 11.6 Å². The van der Waals surface area contributed by atoms with E-state index in [9.17, 15) is 18.3 Å². The third kappa shape index (κ3) is 4.80. The van der Waals surface area contributed by atoms with Crippen LogP contribution in [0, 0.1) is 5.92 Å². The monoisotopic (exact) mass is 331 g/mol. The summed E-state index contributed by atoms with van der Waals surface area (Å²) in [6, 6.07) is 1.66. The molecule has 0 aliphatic heterocycles. The lowest BCUT2D eigenvalue weighted by atomic mass is 9.77. The van der Waals surface area contributed by atoms with Crippen molar-refractivity contribution >= 4 is 5.82 Å². The number of alkyl halides is 3. The minimum Gasteiger partial charge on any atom is -0.388 e. The van der Waals surface area contributed by atoms with Crippen molar-refractivity contribution in [1.29, 1.82) is 0 Å². The van der Waals surface area contributed by atoms with Gasteiger partial charge in [-0.2, -0.15) is 13.2 Å². The lowest BCUT2D eigenvalue weighted by Crippen LogP contribution is -2.45. The second kappa shape index (κ2) is 6.26. The highest BCUT2D eigenvalue weighted by Crippen LogP contribution is 2.41. The smallest absolute Gasteiger partial charge is 0.388 e. The first-order valence-electron chi connectivity index (χ1n) is 7.86. The molecule has 1 aliphatic rings. The van der Waals surface area contributed by atoms with E-state index in [4.69, 9.17) is 0 Å². The first-order valence-corrected chi connectivity index (χ1v) is 7.86. The molecular weight excluding hydrogens is 307 g/mol. The molecular formula is C16H24F3N3O. The van der Waals surface area contributed by atoms with Gasteiger partial charge in [0, 0.05) is 18.2 Å². The number of nitrogens with zero attached hydrogens (tertiary/aromatic N) is 2. The van der Waals surface area contributed by atoms with Crippen LogP contribution in [0.5, 0.6) is 0 Å². The van der Waals surface area contributed by atoms with E-state index in [0.29, 0.717) is 24.5 Å². The van der Waals surface area contributed by atoms with Crippen LogP contribution in [-0.2, 0) is 5.41 Å². The van der Waals surface area contributed by atoms with Crippen molar-refractivity contribution in [2.24, 2.45) is 5.92 Å². The number of hydrogen-bond acceptors (Lipinski definition) is 4. The van der Waals surface area contributed by atoms with Gasteiger partial charge in [-0.05, 0) is 31.7 Å². The first kappa shape index (κ1) is 18.0. The highest BCUT2D eigenvalue weighted by Gasteiger charge is 2.46. The van der Waals surface area contributed by atoms with Crippen molar-refractivity contribution in [3.05, 3.63) is 18.1 Å². The Morgan fingerprint density at radius 2 is 2.04 bits per heavy atom. The molecule has 1 heterocycles. The van der Waals surface area contributed by atoms with Crippen LogP contribution >= 0.6 is 0 Å². The molecule has 1 aromatic heterocycles. The van der Waals surface area contributed by atoms with E-state index in [1.165, 1.54) is 0 Å². The predicted molar refractivity (Wildman–Crippen MR) is 82.2 cm³/mol. The van der Waals surface area contributed by atoms with Crippen LogP contribution in [-0.4, -0.2) is 33.4 Å². The summed E-state index contributed by atoms with van der Waals surface area (Å²) in [5.74, 6) is -0.266. The Bertz CT molecular complexity index is 542. The van der Waals surface area contributed by atoms with Gasteiger partial charge < -0.3 is 10.4 Å². The van der Waals surface area contributed by atoms with Crippen LogP contribution in [0.4, 0.5) is 19.0 Å². The molecule has 0 bridgehead atoms. The van der Waals surface area contributed by atoms with Crippen molar-refractivity contribution < 1.29 is 18.3 Å². The van der Waals surface area contributed by atoms with E-state index < -0.39 is 17.7 Å². The number of aliphatic hydroxyl groups is 1. The van der Waals surface area contributed by atoms with E-state index in [0.717, 1.165) is 0 Å². The predicted octanol–water partition coefficient (Wildman–Crippen LogP) is 3.67. The van der Waals surface area contributed by atoms with Gasteiger partial charge in [0.05, 0.1) is 11.5 Å². The fourth-order valence-corrected chi connectivity index (χ4v) is 2.85. The van der Waals surface area contributed by atoms with Gasteiger partial charge in [0.15, 0.2) is 0 Å². The molecule has 0 aromatic carbocycles. The largest absolute Gasteiger partial charge is 0.391 e. The molecule has 0 spiro atoms. The maximum atomic E-state index is 12.9. The Labute approximate surface area is 134 Å². The number of aromatic nitrogens is 2. The van der Waals surface area contributed by atoms with Crippen LogP contribution in [0.2, 0.25) is 0 Å². The molecule has 2 atom stereocenters. The summed E-state index contributed by atoms with van der Waals surface area (Å²) in [4.78, 5) is 8.58. The average Bonchev–Trinajstić information content (AvgIpc) is 2.44. The third-order valence-corrected chi connectivity index (χ3v) is 4.21. The molecule has 0 amide bonds. The number of rotatable bonds is 3. The standard InChI is InChI=1S/C16H24F3N3O/c1-14(2,3)13-20-8-6-12(22-13)21-10-15(23)7-4-5-11(9-15)16(17,18)19/h6,8,11,23H,4-5,7,9-10H2,1-3H3,(H,20,21,22). The van der Waals surface area contributed by atoms with Gasteiger partial charge in [-0.25, -0.2) is 9.97 Å². The van der Waals surface area contributed by atoms with E-state index in [1.54, 1.807) is 12.3 Å². The summed E-state index contributed by atoms with van der Waals surface area (Å²) in [6.45, 7) is 6.00. The molecule has 1 fully saturated rings. The molecule has 23 heavy (non-hydrogen) atoms. The molecule has 7 heteroatoms. The summed E-state index contributed by atoms with van der Waals surface area (Å²) in [5.41, 5.74) is -1.58. The zero-order valence-electron chi connectivity index (χ0n) is 13.7. The molecule has 2 N–H and O–H groups in total. The molecule has 0 saturated heterocycles. The van der Waals surface area contributed by atoms with Crippen molar-refractivity contribution in [3.8, 4) is 0 Å². The molecule has 2 rings (SSSR count). The topological polar surface area (TPSA) is 58.0 Å². The molecule has 0 radical (unpaired) electrons. The van der Waals surface area contributed by atoms with Gasteiger partial charge in [-0.15, -0.1) is 0 Å². The van der Waals surface area contributed by atoms with E-state index in [1.807, 2.05) is 20.8 Å². The maximum Gasteiger partial charge on any atom is 0.391 e. The lowest BCUT2D eigenvalue weighted by molar-refractivity contribution is -0.199. The van der Waals surface area contributed by atoms with Crippen LogP contribution in [0.3, 0.4) is 0 Å². The maximum absolute atomic E-state index is 12.9. The van der Waals surface area contributed by atoms with E-state index in [2.05, 4.69) is 15.3 Å². The average molecular weight is 331 g/mol. The number of anilines is 1. The van der Waals surface area contributed by atoms with Crippen LogP contribution < -0.4 is 5.32 Å². The summed E-state index contributed by atoms with van der Waals surface area (Å²) in [6.07, 6.45) is -2.07. The first-order chi connectivity index (χ1) is 10.5. The number of nitrogens with one attached hydrogen (secondary N) is 1. The highest BCUT2D eigenvalue weighted by molar-refractivity contribution is 5.34. The van der Waals surface area contributed by atoms with Crippen LogP contribution in [0.15, 0.2) is 12.3 Å². The Morgan fingerprint density at radius 3 is 2.65 bits per heavy atom. The van der Waals surface area contributed by atoms with Gasteiger partial charge in [0.25, 0.3) is 0 Å². The summed E-state index contributed by atoms with van der Waals surface area (Å²) < 4.78 is 38.6. The Kier molecular flexibility index (Phi) is 4.89. The van der Waals surface area contributed by atoms with Crippen molar-refractivity contribution in [2.45, 2.75) is 63.6 Å². The van der Waals surface area contributed by atoms with E-state index >= 15 is 0 Å². The quantitative estimate of drug-likeness (QED) is 0.887. The van der Waals surface area contributed by atoms with Gasteiger partial charge in [0.2, 0.25) is 0 Å². The molecule has 130 valence electrons. The minimum atomic E-state index is -4.25. The molecule has 1 aromatic rings. The zero-order chi connectivity index (χ0) is 17.3. The highest BCUT2D eigenvalue weighted by atomic mass is 19.4. The normalized spacial score (nSPS) is 26.1. The van der Waals surface area contributed by atoms with Crippen LogP contribution in [0.1, 0.15) is 52.3 Å². The van der Waals surface area contributed by atoms with Crippen molar-refractivity contribution in [2.75, 3.05) is 11.9 Å². The second-order valence-corrected chi connectivity index (χ2v) is 7.43. The summed E-state index contributed by atoms with van der Waals surface area (Å²) in [7, 11) is 0. The van der Waals surface area contributed by atoms with Crippen LogP contribution in [0.25, 0.3) is 0 Å². The SMILES string of the molecule is CC(C)(C)c1nccc(NCC2(O)CCCC(C(F)(F)F)C2)n1. The summed E-state index contributed by atoms with van der Waals surface area (Å²) in [5, 5.41) is 13.5. The Balaban J connectivity index is 2.02. The number of halogens is 3. The molecule has 4 nitrogen and oxygen atoms in total. The summed E-state index contributed by atoms with van der Waals surface area (Å²) >= 11 is 0. The Morgan fingerprint density at radius 1 is 1.35 bits per heavy atom. The fourth-order valence-electron chi connectivity index (χ4n) is 2.85. The van der Waals surface area contributed by atoms with Crippen molar-refractivity contribution in [1.82, 2.24) is 9.97 Å². The third-order valence-electron chi connectivity index (χ3n) is 4.21. The molecule has 1 saturated carbocycles. The fraction of sp³-hybridized carbons (Fsp3) is 0.750. The van der Waals surface area contributed by atoms with Gasteiger partial charge in [-0.3, -0.25) is 0 Å². The molecule has 2 unspecified atom stereocenters. The number of hydrogen-bond donors (Lipinski definition) is 2. The Hall–Kier alpha value is -1.37. The van der Waals surface area contributed by atoms with Gasteiger partial charge >= 0.3 is 6.18 Å². The minimum absolute atomic E-state index is 0.0557. The lowest BCUT2D eigenvalue weighted by Gasteiger charge is -2.37.